The van der Waals surface area contributed by atoms with E-state index >= 15 is 0 Å². The number of fused-ring (bicyclic) bond motifs is 6. The maximum Gasteiger partial charge on any atom is 0.805 e. The first-order valence-electron chi connectivity index (χ1n) is 14.2. The predicted molar refractivity (Wildman–Crippen MR) is 168 cm³/mol. The summed E-state index contributed by atoms with van der Waals surface area (Å²) in [5.74, 6) is 1.09. The van der Waals surface area contributed by atoms with Crippen molar-refractivity contribution in [3.05, 3.63) is 174 Å². The molecule has 4 aliphatic rings. The van der Waals surface area contributed by atoms with Gasteiger partial charge in [-0.05, 0) is 90.7 Å². The van der Waals surface area contributed by atoms with Crippen LogP contribution >= 0.6 is 8.25 Å². The van der Waals surface area contributed by atoms with E-state index < -0.39 is 8.25 Å². The molecule has 0 radical (unpaired) electrons. The fraction of sp³-hybridized carbons (Fsp3) is 0.0526. The normalized spacial score (nSPS) is 15.4. The minimum Gasteiger partial charge on any atom is -0.221 e. The van der Waals surface area contributed by atoms with E-state index in [1.54, 1.807) is 0 Å². The summed E-state index contributed by atoms with van der Waals surface area (Å²) in [6.07, 6.45) is 18.9. The lowest BCUT2D eigenvalue weighted by atomic mass is 9.95. The summed E-state index contributed by atoms with van der Waals surface area (Å²) >= 11 is 0. The van der Waals surface area contributed by atoms with Crippen molar-refractivity contribution >= 4 is 31.6 Å². The molecule has 0 heterocycles. The maximum atomic E-state index is 13.7. The van der Waals surface area contributed by atoms with E-state index in [0.717, 1.165) is 54.6 Å². The Hall–Kier alpha value is -4.98. The molecule has 3 nitrogen and oxygen atoms in total. The highest BCUT2D eigenvalue weighted by molar-refractivity contribution is 7.34. The van der Waals surface area contributed by atoms with Crippen molar-refractivity contribution in [3.63, 3.8) is 0 Å². The smallest absolute Gasteiger partial charge is 0.221 e. The van der Waals surface area contributed by atoms with E-state index in [1.165, 1.54) is 22.3 Å². The standard InChI is InChI=1S/C38H26O3P/c39-42(40-35-21-9-19-33-29-15-5-1-11-25(29)23-27-13-3-7-17-31(27)37(33)35)41-36-22-10-20-34-30-16-6-2-12-26(30)24-28-14-4-8-18-32(28)38(34)36/h1-14,17-24H,15-16H2/q+1. The zero-order valence-corrected chi connectivity index (χ0v) is 23.7. The predicted octanol–water partition coefficient (Wildman–Crippen LogP) is 6.04. The van der Waals surface area contributed by atoms with Crippen LogP contribution in [0, 0.1) is 20.9 Å². The summed E-state index contributed by atoms with van der Waals surface area (Å²) in [4.78, 5) is 0. The van der Waals surface area contributed by atoms with Gasteiger partial charge in [0.2, 0.25) is 0 Å². The number of hydrogen-bond donors (Lipinski definition) is 0. The molecule has 42 heavy (non-hydrogen) atoms. The molecular formula is C38H26O3P+. The molecule has 0 aromatic heterocycles. The molecule has 4 heteroatoms. The first-order valence-corrected chi connectivity index (χ1v) is 15.3. The summed E-state index contributed by atoms with van der Waals surface area (Å²) in [7, 11) is -2.54. The van der Waals surface area contributed by atoms with Crippen LogP contribution in [-0.2, 0) is 4.57 Å². The van der Waals surface area contributed by atoms with Crippen molar-refractivity contribution < 1.29 is 13.6 Å². The second-order valence-electron chi connectivity index (χ2n) is 10.7. The zero-order valence-electron chi connectivity index (χ0n) is 22.8. The highest BCUT2D eigenvalue weighted by Gasteiger charge is 2.27. The van der Waals surface area contributed by atoms with Crippen LogP contribution in [0.3, 0.4) is 0 Å². The third-order valence-corrected chi connectivity index (χ3v) is 8.99. The Balaban J connectivity index is 1.31. The highest BCUT2D eigenvalue weighted by atomic mass is 31.1. The molecule has 0 fully saturated rings. The molecule has 0 unspecified atom stereocenters. The molecule has 0 saturated carbocycles. The Bertz CT molecular complexity index is 2260. The lowest BCUT2D eigenvalue weighted by Crippen LogP contribution is -2.12. The van der Waals surface area contributed by atoms with Gasteiger partial charge in [-0.15, -0.1) is 0 Å². The van der Waals surface area contributed by atoms with Gasteiger partial charge in [0.15, 0.2) is 11.5 Å². The summed E-state index contributed by atoms with van der Waals surface area (Å²) in [6, 6.07) is 28.5. The molecule has 8 rings (SSSR count). The van der Waals surface area contributed by atoms with E-state index in [-0.39, 0.29) is 0 Å². The van der Waals surface area contributed by atoms with Gasteiger partial charge in [-0.1, -0.05) is 109 Å². The van der Waals surface area contributed by atoms with Crippen LogP contribution in [-0.4, -0.2) is 0 Å². The van der Waals surface area contributed by atoms with Crippen molar-refractivity contribution in [3.8, 4) is 11.5 Å². The Morgan fingerprint density at radius 3 is 1.48 bits per heavy atom. The minimum atomic E-state index is -2.54. The number of rotatable bonds is 4. The van der Waals surface area contributed by atoms with Gasteiger partial charge >= 0.3 is 8.25 Å². The third-order valence-electron chi connectivity index (χ3n) is 8.30. The Labute approximate surface area is 243 Å². The van der Waals surface area contributed by atoms with Crippen LogP contribution in [0.2, 0.25) is 0 Å². The molecule has 0 atom stereocenters. The topological polar surface area (TPSA) is 35.5 Å². The van der Waals surface area contributed by atoms with Crippen LogP contribution in [0.15, 0.2) is 133 Å². The molecule has 4 aromatic rings. The largest absolute Gasteiger partial charge is 0.805 e. The van der Waals surface area contributed by atoms with Crippen LogP contribution in [0.25, 0.3) is 23.3 Å². The lowest BCUT2D eigenvalue weighted by Gasteiger charge is -2.10. The van der Waals surface area contributed by atoms with Gasteiger partial charge in [0, 0.05) is 15.0 Å². The Morgan fingerprint density at radius 2 is 0.976 bits per heavy atom. The SMILES string of the molecule is O=[P+](Oc1cccc2c1=c1ccccc1=CC1=CC=CCC=21)Oc1cccc2c1=c1ccccc1=CC1=CC=CCC=21. The van der Waals surface area contributed by atoms with Crippen LogP contribution < -0.4 is 29.9 Å². The second kappa shape index (κ2) is 10.1. The highest BCUT2D eigenvalue weighted by Crippen LogP contribution is 2.33. The Kier molecular flexibility index (Phi) is 5.98. The summed E-state index contributed by atoms with van der Waals surface area (Å²) < 4.78 is 26.2. The molecule has 4 aliphatic carbocycles. The van der Waals surface area contributed by atoms with Gasteiger partial charge in [0.1, 0.15) is 0 Å². The summed E-state index contributed by atoms with van der Waals surface area (Å²) in [5.41, 5.74) is 4.84. The second-order valence-corrected chi connectivity index (χ2v) is 11.5. The molecule has 0 amide bonds. The first-order chi connectivity index (χ1) is 20.7. The maximum absolute atomic E-state index is 13.7. The number of benzene rings is 4. The molecule has 200 valence electrons. The van der Waals surface area contributed by atoms with Gasteiger partial charge < -0.3 is 0 Å². The summed E-state index contributed by atoms with van der Waals surface area (Å²) in [6.45, 7) is 0. The van der Waals surface area contributed by atoms with Crippen LogP contribution in [0.1, 0.15) is 12.8 Å². The molecule has 0 N–H and O–H groups in total. The third kappa shape index (κ3) is 4.13. The van der Waals surface area contributed by atoms with Crippen molar-refractivity contribution in [1.29, 1.82) is 0 Å². The summed E-state index contributed by atoms with van der Waals surface area (Å²) in [5, 5.41) is 8.37. The number of allylic oxidation sites excluding steroid dienone is 8. The molecule has 0 spiro atoms. The fourth-order valence-corrected chi connectivity index (χ4v) is 7.10. The molecule has 4 aromatic carbocycles. The van der Waals surface area contributed by atoms with Gasteiger partial charge in [-0.25, -0.2) is 9.05 Å². The van der Waals surface area contributed by atoms with Gasteiger partial charge in [-0.2, -0.15) is 0 Å². The average molecular weight is 562 g/mol. The fourth-order valence-electron chi connectivity index (χ4n) is 6.44. The number of hydrogen-bond acceptors (Lipinski definition) is 3. The lowest BCUT2D eigenvalue weighted by molar-refractivity contribution is 0.413. The minimum absolute atomic E-state index is 0.547. The zero-order chi connectivity index (χ0) is 28.0. The monoisotopic (exact) mass is 561 g/mol. The van der Waals surface area contributed by atoms with E-state index in [1.807, 2.05) is 48.5 Å². The molecular weight excluding hydrogens is 535 g/mol. The van der Waals surface area contributed by atoms with E-state index in [2.05, 4.69) is 85.0 Å². The van der Waals surface area contributed by atoms with Crippen molar-refractivity contribution in [2.24, 2.45) is 0 Å². The first kappa shape index (κ1) is 24.8. The molecule has 0 bridgehead atoms. The van der Waals surface area contributed by atoms with Crippen molar-refractivity contribution in [1.82, 2.24) is 0 Å². The Morgan fingerprint density at radius 1 is 0.524 bits per heavy atom. The van der Waals surface area contributed by atoms with Gasteiger partial charge in [-0.3, -0.25) is 0 Å². The van der Waals surface area contributed by atoms with Crippen molar-refractivity contribution in [2.75, 3.05) is 0 Å². The van der Waals surface area contributed by atoms with Crippen LogP contribution in [0.4, 0.5) is 0 Å². The molecule has 0 saturated heterocycles. The van der Waals surface area contributed by atoms with E-state index in [4.69, 9.17) is 9.05 Å². The van der Waals surface area contributed by atoms with Gasteiger partial charge in [0.05, 0.1) is 0 Å². The van der Waals surface area contributed by atoms with Crippen molar-refractivity contribution in [2.45, 2.75) is 12.8 Å². The van der Waals surface area contributed by atoms with Gasteiger partial charge in [0.25, 0.3) is 0 Å². The molecule has 0 aliphatic heterocycles. The average Bonchev–Trinajstić information content (AvgIpc) is 3.26. The van der Waals surface area contributed by atoms with E-state index in [9.17, 15) is 4.57 Å². The quantitative estimate of drug-likeness (QED) is 0.285. The van der Waals surface area contributed by atoms with Crippen LogP contribution in [0.5, 0.6) is 11.5 Å². The van der Waals surface area contributed by atoms with E-state index in [0.29, 0.717) is 11.5 Å².